The highest BCUT2D eigenvalue weighted by atomic mass is 79.9. The van der Waals surface area contributed by atoms with Crippen LogP contribution in [0, 0.1) is 0 Å². The average molecular weight is 559 g/mol. The van der Waals surface area contributed by atoms with Crippen molar-refractivity contribution in [3.05, 3.63) is 63.6 Å². The molecule has 180 valence electrons. The van der Waals surface area contributed by atoms with Crippen molar-refractivity contribution in [3.63, 3.8) is 0 Å². The fraction of sp³-hybridized carbons (Fsp3) is 0.391. The highest BCUT2D eigenvalue weighted by Crippen LogP contribution is 2.23. The molecule has 0 bridgehead atoms. The van der Waals surface area contributed by atoms with Gasteiger partial charge in [0.15, 0.2) is 0 Å². The van der Waals surface area contributed by atoms with E-state index >= 15 is 0 Å². The van der Waals surface area contributed by atoms with Gasteiger partial charge in [-0.15, -0.1) is 0 Å². The third-order valence-electron chi connectivity index (χ3n) is 4.98. The first-order chi connectivity index (χ1) is 15.6. The summed E-state index contributed by atoms with van der Waals surface area (Å²) in [6.07, 6.45) is 2.19. The molecule has 2 aromatic rings. The van der Waals surface area contributed by atoms with Gasteiger partial charge in [-0.05, 0) is 48.7 Å². The molecule has 0 aliphatic heterocycles. The number of halogens is 2. The lowest BCUT2D eigenvalue weighted by molar-refractivity contribution is -0.140. The number of hydrogen-bond acceptors (Lipinski definition) is 4. The average Bonchev–Trinajstić information content (AvgIpc) is 2.76. The molecule has 2 aromatic carbocycles. The van der Waals surface area contributed by atoms with Crippen molar-refractivity contribution < 1.29 is 18.0 Å². The van der Waals surface area contributed by atoms with Crippen molar-refractivity contribution in [1.82, 2.24) is 10.2 Å². The molecular formula is C23H29BrClN3O4S. The summed E-state index contributed by atoms with van der Waals surface area (Å²) in [7, 11) is -3.76. The number of sulfonamides is 1. The molecule has 10 heteroatoms. The van der Waals surface area contributed by atoms with Crippen LogP contribution in [0.25, 0.3) is 0 Å². The van der Waals surface area contributed by atoms with E-state index in [2.05, 4.69) is 21.2 Å². The van der Waals surface area contributed by atoms with Gasteiger partial charge in [-0.25, -0.2) is 8.42 Å². The quantitative estimate of drug-likeness (QED) is 0.448. The number of rotatable bonds is 11. The van der Waals surface area contributed by atoms with Crippen LogP contribution in [0.4, 0.5) is 5.69 Å². The Bertz CT molecular complexity index is 1060. The Morgan fingerprint density at radius 2 is 1.79 bits per heavy atom. The molecule has 1 atom stereocenters. The van der Waals surface area contributed by atoms with Gasteiger partial charge < -0.3 is 10.2 Å². The maximum Gasteiger partial charge on any atom is 0.244 e. The Morgan fingerprint density at radius 1 is 1.12 bits per heavy atom. The van der Waals surface area contributed by atoms with Crippen LogP contribution in [-0.2, 0) is 26.2 Å². The predicted molar refractivity (Wildman–Crippen MR) is 136 cm³/mol. The van der Waals surface area contributed by atoms with Gasteiger partial charge in [0.05, 0.1) is 11.9 Å². The first-order valence-corrected chi connectivity index (χ1v) is 13.6. The van der Waals surface area contributed by atoms with Crippen LogP contribution >= 0.6 is 27.5 Å². The summed E-state index contributed by atoms with van der Waals surface area (Å²) in [4.78, 5) is 27.8. The fourth-order valence-corrected chi connectivity index (χ4v) is 4.67. The Balaban J connectivity index is 2.41. The molecule has 0 heterocycles. The molecule has 0 spiro atoms. The number of nitrogens with zero attached hydrogens (tertiary/aromatic N) is 2. The minimum Gasteiger partial charge on any atom is -0.354 e. The second-order valence-corrected chi connectivity index (χ2v) is 10.9. The Morgan fingerprint density at radius 3 is 2.33 bits per heavy atom. The smallest absolute Gasteiger partial charge is 0.244 e. The molecule has 0 fully saturated rings. The van der Waals surface area contributed by atoms with Crippen LogP contribution < -0.4 is 9.62 Å². The van der Waals surface area contributed by atoms with E-state index in [-0.39, 0.29) is 12.5 Å². The van der Waals surface area contributed by atoms with Crippen LogP contribution in [0.3, 0.4) is 0 Å². The molecule has 0 saturated carbocycles. The number of amides is 2. The van der Waals surface area contributed by atoms with Crippen molar-refractivity contribution in [2.75, 3.05) is 23.7 Å². The normalized spacial score (nSPS) is 12.2. The largest absolute Gasteiger partial charge is 0.354 e. The van der Waals surface area contributed by atoms with Gasteiger partial charge in [0, 0.05) is 22.6 Å². The van der Waals surface area contributed by atoms with E-state index in [1.54, 1.807) is 48.5 Å². The van der Waals surface area contributed by atoms with Gasteiger partial charge in [-0.2, -0.15) is 0 Å². The second kappa shape index (κ2) is 12.4. The Hall–Kier alpha value is -2.10. The second-order valence-electron chi connectivity index (χ2n) is 7.61. The molecule has 0 saturated heterocycles. The summed E-state index contributed by atoms with van der Waals surface area (Å²) in [6, 6.07) is 12.9. The molecule has 0 unspecified atom stereocenters. The fourth-order valence-electron chi connectivity index (χ4n) is 3.32. The summed E-state index contributed by atoms with van der Waals surface area (Å²) in [5.41, 5.74) is 1.14. The lowest BCUT2D eigenvalue weighted by Crippen LogP contribution is -2.52. The van der Waals surface area contributed by atoms with Crippen molar-refractivity contribution in [3.8, 4) is 0 Å². The van der Waals surface area contributed by atoms with E-state index in [4.69, 9.17) is 11.6 Å². The van der Waals surface area contributed by atoms with Crippen LogP contribution in [0.1, 0.15) is 32.3 Å². The zero-order chi connectivity index (χ0) is 24.6. The van der Waals surface area contributed by atoms with E-state index in [0.29, 0.717) is 28.1 Å². The maximum atomic E-state index is 13.5. The summed E-state index contributed by atoms with van der Waals surface area (Å²) in [5.74, 6) is -0.746. The molecule has 0 aliphatic carbocycles. The molecule has 0 aliphatic rings. The molecule has 33 heavy (non-hydrogen) atoms. The lowest BCUT2D eigenvalue weighted by atomic mass is 10.1. The predicted octanol–water partition coefficient (Wildman–Crippen LogP) is 4.20. The highest BCUT2D eigenvalue weighted by Gasteiger charge is 2.31. The number of hydrogen-bond donors (Lipinski definition) is 1. The zero-order valence-corrected chi connectivity index (χ0v) is 22.1. The van der Waals surface area contributed by atoms with Crippen molar-refractivity contribution in [2.24, 2.45) is 0 Å². The zero-order valence-electron chi connectivity index (χ0n) is 18.9. The number of carbonyl (C=O) groups excluding carboxylic acids is 2. The molecule has 2 amide bonds. The van der Waals surface area contributed by atoms with Gasteiger partial charge in [0.25, 0.3) is 0 Å². The maximum absolute atomic E-state index is 13.5. The first-order valence-electron chi connectivity index (χ1n) is 10.6. The summed E-state index contributed by atoms with van der Waals surface area (Å²) in [5, 5.41) is 3.40. The monoisotopic (exact) mass is 557 g/mol. The van der Waals surface area contributed by atoms with Gasteiger partial charge in [0.2, 0.25) is 21.8 Å². The summed E-state index contributed by atoms with van der Waals surface area (Å²) >= 11 is 9.33. The van der Waals surface area contributed by atoms with Crippen molar-refractivity contribution >= 4 is 55.1 Å². The standard InChI is InChI=1S/C23H29BrClN3O4S/c1-4-13-26-23(30)21(5-2)27(15-17-9-11-19(25)12-10-17)22(29)16-28(33(3,31)32)20-8-6-7-18(24)14-20/h6-12,14,21H,4-5,13,15-16H2,1-3H3,(H,26,30)/t21-/m1/s1. The molecule has 2 rings (SSSR count). The molecule has 1 N–H and O–H groups in total. The third-order valence-corrected chi connectivity index (χ3v) is 6.86. The Labute approximate surface area is 209 Å². The SMILES string of the molecule is CCCNC(=O)[C@@H](CC)N(Cc1ccc(Cl)cc1)C(=O)CN(c1cccc(Br)c1)S(C)(=O)=O. The van der Waals surface area contributed by atoms with Crippen LogP contribution in [-0.4, -0.2) is 50.5 Å². The van der Waals surface area contributed by atoms with E-state index in [1.165, 1.54) is 4.90 Å². The van der Waals surface area contributed by atoms with E-state index in [1.807, 2.05) is 13.8 Å². The van der Waals surface area contributed by atoms with Crippen molar-refractivity contribution in [2.45, 2.75) is 39.3 Å². The van der Waals surface area contributed by atoms with E-state index in [9.17, 15) is 18.0 Å². The first kappa shape index (κ1) is 27.1. The molecule has 0 aromatic heterocycles. The highest BCUT2D eigenvalue weighted by molar-refractivity contribution is 9.10. The van der Waals surface area contributed by atoms with Crippen molar-refractivity contribution in [1.29, 1.82) is 0 Å². The van der Waals surface area contributed by atoms with E-state index < -0.39 is 28.5 Å². The van der Waals surface area contributed by atoms with Crippen LogP contribution in [0.5, 0.6) is 0 Å². The van der Waals surface area contributed by atoms with Gasteiger partial charge in [-0.3, -0.25) is 13.9 Å². The number of carbonyl (C=O) groups is 2. The molecular weight excluding hydrogens is 530 g/mol. The third kappa shape index (κ3) is 8.01. The summed E-state index contributed by atoms with van der Waals surface area (Å²) in [6.45, 7) is 3.97. The Kier molecular flexibility index (Phi) is 10.2. The minimum absolute atomic E-state index is 0.143. The minimum atomic E-state index is -3.76. The van der Waals surface area contributed by atoms with Gasteiger partial charge in [0.1, 0.15) is 12.6 Å². The topological polar surface area (TPSA) is 86.8 Å². The summed E-state index contributed by atoms with van der Waals surface area (Å²) < 4.78 is 26.8. The number of nitrogens with one attached hydrogen (secondary N) is 1. The van der Waals surface area contributed by atoms with Gasteiger partial charge in [-0.1, -0.05) is 59.6 Å². The van der Waals surface area contributed by atoms with Crippen LogP contribution in [0.15, 0.2) is 53.0 Å². The molecule has 7 nitrogen and oxygen atoms in total. The van der Waals surface area contributed by atoms with Gasteiger partial charge >= 0.3 is 0 Å². The number of benzene rings is 2. The lowest BCUT2D eigenvalue weighted by Gasteiger charge is -2.33. The molecule has 0 radical (unpaired) electrons. The van der Waals surface area contributed by atoms with E-state index in [0.717, 1.165) is 22.5 Å². The number of anilines is 1. The van der Waals surface area contributed by atoms with Crippen LogP contribution in [0.2, 0.25) is 5.02 Å².